The van der Waals surface area contributed by atoms with Crippen molar-refractivity contribution < 1.29 is 4.74 Å². The van der Waals surface area contributed by atoms with E-state index in [1.165, 1.54) is 19.4 Å². The van der Waals surface area contributed by atoms with Gasteiger partial charge in [0.1, 0.15) is 6.23 Å². The summed E-state index contributed by atoms with van der Waals surface area (Å²) in [5.74, 6) is 0. The Kier molecular flexibility index (Phi) is 2.63. The van der Waals surface area contributed by atoms with Gasteiger partial charge in [-0.1, -0.05) is 0 Å². The highest BCUT2D eigenvalue weighted by Gasteiger charge is 2.30. The van der Waals surface area contributed by atoms with E-state index in [2.05, 4.69) is 17.3 Å². The van der Waals surface area contributed by atoms with Crippen LogP contribution in [-0.4, -0.2) is 43.9 Å². The SMILES string of the molecule is CN1CCCC1C1NCCCO1. The van der Waals surface area contributed by atoms with E-state index in [1.54, 1.807) is 0 Å². The molecule has 2 rings (SSSR count). The minimum Gasteiger partial charge on any atom is -0.362 e. The van der Waals surface area contributed by atoms with E-state index in [0.29, 0.717) is 12.3 Å². The third-order valence-corrected chi connectivity index (χ3v) is 2.89. The number of likely N-dealkylation sites (tertiary alicyclic amines) is 1. The van der Waals surface area contributed by atoms with Gasteiger partial charge in [0, 0.05) is 12.6 Å². The van der Waals surface area contributed by atoms with Crippen LogP contribution in [0.2, 0.25) is 0 Å². The van der Waals surface area contributed by atoms with Crippen molar-refractivity contribution in [2.75, 3.05) is 26.7 Å². The molecule has 2 aliphatic rings. The zero-order valence-corrected chi connectivity index (χ0v) is 7.75. The monoisotopic (exact) mass is 170 g/mol. The first-order valence-electron chi connectivity index (χ1n) is 4.93. The summed E-state index contributed by atoms with van der Waals surface area (Å²) in [4.78, 5) is 2.41. The Balaban J connectivity index is 1.89. The summed E-state index contributed by atoms with van der Waals surface area (Å²) in [6, 6.07) is 0.616. The molecule has 2 saturated heterocycles. The van der Waals surface area contributed by atoms with Crippen molar-refractivity contribution in [1.82, 2.24) is 10.2 Å². The first kappa shape index (κ1) is 8.48. The van der Waals surface area contributed by atoms with Crippen LogP contribution in [0.4, 0.5) is 0 Å². The molecular weight excluding hydrogens is 152 g/mol. The minimum atomic E-state index is 0.297. The average molecular weight is 170 g/mol. The smallest absolute Gasteiger partial charge is 0.123 e. The summed E-state index contributed by atoms with van der Waals surface area (Å²) in [6.45, 7) is 3.28. The Bertz CT molecular complexity index is 145. The second-order valence-corrected chi connectivity index (χ2v) is 3.79. The topological polar surface area (TPSA) is 24.5 Å². The maximum absolute atomic E-state index is 5.68. The summed E-state index contributed by atoms with van der Waals surface area (Å²) < 4.78 is 5.68. The van der Waals surface area contributed by atoms with Crippen LogP contribution in [-0.2, 0) is 4.74 Å². The predicted octanol–water partition coefficient (Wildman–Crippen LogP) is 0.417. The summed E-state index contributed by atoms with van der Waals surface area (Å²) in [6.07, 6.45) is 4.07. The number of ether oxygens (including phenoxy) is 1. The van der Waals surface area contributed by atoms with Gasteiger partial charge in [-0.3, -0.25) is 10.2 Å². The van der Waals surface area contributed by atoms with Crippen LogP contribution in [0.25, 0.3) is 0 Å². The lowest BCUT2D eigenvalue weighted by molar-refractivity contribution is -0.0401. The van der Waals surface area contributed by atoms with Crippen LogP contribution >= 0.6 is 0 Å². The molecule has 0 radical (unpaired) electrons. The molecule has 2 heterocycles. The zero-order valence-electron chi connectivity index (χ0n) is 7.75. The lowest BCUT2D eigenvalue weighted by Gasteiger charge is -2.32. The lowest BCUT2D eigenvalue weighted by Crippen LogP contribution is -2.50. The van der Waals surface area contributed by atoms with E-state index >= 15 is 0 Å². The normalized spacial score (nSPS) is 38.8. The molecule has 12 heavy (non-hydrogen) atoms. The number of nitrogens with one attached hydrogen (secondary N) is 1. The summed E-state index contributed by atoms with van der Waals surface area (Å²) in [7, 11) is 2.19. The van der Waals surface area contributed by atoms with Gasteiger partial charge in [0.15, 0.2) is 0 Å². The number of rotatable bonds is 1. The molecule has 0 aromatic heterocycles. The number of nitrogens with zero attached hydrogens (tertiary/aromatic N) is 1. The minimum absolute atomic E-state index is 0.297. The maximum atomic E-state index is 5.68. The van der Waals surface area contributed by atoms with Gasteiger partial charge < -0.3 is 4.74 Å². The molecule has 0 spiro atoms. The fraction of sp³-hybridized carbons (Fsp3) is 1.00. The second kappa shape index (κ2) is 3.73. The first-order valence-corrected chi connectivity index (χ1v) is 4.93. The standard InChI is InChI=1S/C9H18N2O/c1-11-6-2-4-8(11)9-10-5-3-7-12-9/h8-10H,2-7H2,1H3. The molecule has 3 heteroatoms. The molecule has 0 aliphatic carbocycles. The van der Waals surface area contributed by atoms with E-state index in [-0.39, 0.29) is 0 Å². The van der Waals surface area contributed by atoms with E-state index in [4.69, 9.17) is 4.74 Å². The molecule has 0 aromatic carbocycles. The molecule has 0 amide bonds. The van der Waals surface area contributed by atoms with Gasteiger partial charge in [-0.2, -0.15) is 0 Å². The Morgan fingerprint density at radius 3 is 2.92 bits per heavy atom. The molecule has 2 aliphatic heterocycles. The van der Waals surface area contributed by atoms with Gasteiger partial charge in [-0.05, 0) is 39.4 Å². The van der Waals surface area contributed by atoms with Crippen molar-refractivity contribution in [1.29, 1.82) is 0 Å². The average Bonchev–Trinajstić information content (AvgIpc) is 2.53. The third kappa shape index (κ3) is 1.63. The van der Waals surface area contributed by atoms with Gasteiger partial charge in [0.2, 0.25) is 0 Å². The van der Waals surface area contributed by atoms with Gasteiger partial charge >= 0.3 is 0 Å². The molecule has 3 nitrogen and oxygen atoms in total. The molecule has 1 N–H and O–H groups in total. The molecule has 2 atom stereocenters. The Morgan fingerprint density at radius 1 is 1.42 bits per heavy atom. The highest BCUT2D eigenvalue weighted by atomic mass is 16.5. The van der Waals surface area contributed by atoms with Gasteiger partial charge in [0.25, 0.3) is 0 Å². The molecule has 2 unspecified atom stereocenters. The van der Waals surface area contributed by atoms with Crippen LogP contribution < -0.4 is 5.32 Å². The van der Waals surface area contributed by atoms with E-state index in [9.17, 15) is 0 Å². The lowest BCUT2D eigenvalue weighted by atomic mass is 10.2. The third-order valence-electron chi connectivity index (χ3n) is 2.89. The molecule has 0 aromatic rings. The van der Waals surface area contributed by atoms with Crippen molar-refractivity contribution in [3.05, 3.63) is 0 Å². The molecule has 0 saturated carbocycles. The number of likely N-dealkylation sites (N-methyl/N-ethyl adjacent to an activating group) is 1. The van der Waals surface area contributed by atoms with Gasteiger partial charge in [-0.15, -0.1) is 0 Å². The van der Waals surface area contributed by atoms with Crippen LogP contribution in [0, 0.1) is 0 Å². The van der Waals surface area contributed by atoms with Gasteiger partial charge in [-0.25, -0.2) is 0 Å². The van der Waals surface area contributed by atoms with Crippen molar-refractivity contribution in [2.24, 2.45) is 0 Å². The molecular formula is C9H18N2O. The molecule has 0 bridgehead atoms. The Labute approximate surface area is 74.1 Å². The summed E-state index contributed by atoms with van der Waals surface area (Å²) in [5, 5.41) is 3.43. The Morgan fingerprint density at radius 2 is 2.33 bits per heavy atom. The molecule has 70 valence electrons. The zero-order chi connectivity index (χ0) is 8.39. The van der Waals surface area contributed by atoms with Crippen LogP contribution in [0.1, 0.15) is 19.3 Å². The fourth-order valence-electron chi connectivity index (χ4n) is 2.15. The quantitative estimate of drug-likeness (QED) is 0.617. The van der Waals surface area contributed by atoms with Crippen molar-refractivity contribution in [2.45, 2.75) is 31.5 Å². The van der Waals surface area contributed by atoms with E-state index < -0.39 is 0 Å². The highest BCUT2D eigenvalue weighted by Crippen LogP contribution is 2.19. The molecule has 2 fully saturated rings. The highest BCUT2D eigenvalue weighted by molar-refractivity contribution is 4.83. The van der Waals surface area contributed by atoms with E-state index in [0.717, 1.165) is 19.6 Å². The second-order valence-electron chi connectivity index (χ2n) is 3.79. The van der Waals surface area contributed by atoms with Crippen molar-refractivity contribution in [3.63, 3.8) is 0 Å². The van der Waals surface area contributed by atoms with Crippen LogP contribution in [0.15, 0.2) is 0 Å². The van der Waals surface area contributed by atoms with Crippen molar-refractivity contribution in [3.8, 4) is 0 Å². The summed E-state index contributed by atoms with van der Waals surface area (Å²) >= 11 is 0. The summed E-state index contributed by atoms with van der Waals surface area (Å²) in [5.41, 5.74) is 0. The number of hydrogen-bond donors (Lipinski definition) is 1. The predicted molar refractivity (Wildman–Crippen MR) is 48.0 cm³/mol. The fourth-order valence-corrected chi connectivity index (χ4v) is 2.15. The van der Waals surface area contributed by atoms with Crippen LogP contribution in [0.5, 0.6) is 0 Å². The van der Waals surface area contributed by atoms with Crippen LogP contribution in [0.3, 0.4) is 0 Å². The Hall–Kier alpha value is -0.120. The maximum Gasteiger partial charge on any atom is 0.123 e. The number of hydrogen-bond acceptors (Lipinski definition) is 3. The van der Waals surface area contributed by atoms with Gasteiger partial charge in [0.05, 0.1) is 0 Å². The largest absolute Gasteiger partial charge is 0.362 e. The van der Waals surface area contributed by atoms with Crippen molar-refractivity contribution >= 4 is 0 Å². The van der Waals surface area contributed by atoms with E-state index in [1.807, 2.05) is 0 Å². The first-order chi connectivity index (χ1) is 5.88.